The fourth-order valence-corrected chi connectivity index (χ4v) is 5.18. The number of nitrogens with one attached hydrogen (secondary N) is 2. The van der Waals surface area contributed by atoms with E-state index in [0.717, 1.165) is 10.5 Å². The molecule has 0 aliphatic rings. The van der Waals surface area contributed by atoms with E-state index in [1.807, 2.05) is 36.4 Å². The molecule has 8 heteroatoms. The predicted octanol–water partition coefficient (Wildman–Crippen LogP) is 5.35. The summed E-state index contributed by atoms with van der Waals surface area (Å²) in [5.74, 6) is 0.286. The maximum atomic E-state index is 13.1. The third-order valence-corrected chi connectivity index (χ3v) is 7.33. The molecule has 2 N–H and O–H groups in total. The van der Waals surface area contributed by atoms with Gasteiger partial charge >= 0.3 is 0 Å². The lowest BCUT2D eigenvalue weighted by molar-refractivity contribution is -0.115. The molecule has 1 heterocycles. The topological polar surface area (TPSA) is 88.2 Å². The molecule has 0 radical (unpaired) electrons. The molecule has 4 rings (SSSR count). The number of thioether (sulfide) groups is 1. The fourth-order valence-electron chi connectivity index (χ4n) is 3.08. The zero-order valence-electron chi connectivity index (χ0n) is 17.5. The van der Waals surface area contributed by atoms with E-state index in [4.69, 9.17) is 0 Å². The highest BCUT2D eigenvalue weighted by atomic mass is 32.2. The molecular formula is C25H21N3O3S2. The first-order chi connectivity index (χ1) is 16.0. The molecule has 6 nitrogen and oxygen atoms in total. The minimum atomic E-state index is -3.67. The minimum absolute atomic E-state index is 0.193. The van der Waals surface area contributed by atoms with Crippen LogP contribution in [0.4, 0.5) is 11.5 Å². The van der Waals surface area contributed by atoms with Crippen molar-refractivity contribution in [1.82, 2.24) is 4.98 Å². The number of benzene rings is 3. The van der Waals surface area contributed by atoms with E-state index in [1.54, 1.807) is 60.8 Å². The summed E-state index contributed by atoms with van der Waals surface area (Å²) in [7, 11) is -3.67. The van der Waals surface area contributed by atoms with Gasteiger partial charge < -0.3 is 5.32 Å². The molecular weight excluding hydrogens is 454 g/mol. The first-order valence-electron chi connectivity index (χ1n) is 10.1. The molecule has 33 heavy (non-hydrogen) atoms. The lowest BCUT2D eigenvalue weighted by Crippen LogP contribution is -2.19. The highest BCUT2D eigenvalue weighted by Gasteiger charge is 2.22. The summed E-state index contributed by atoms with van der Waals surface area (Å²) in [6.45, 7) is 0. The summed E-state index contributed by atoms with van der Waals surface area (Å²) < 4.78 is 27.7. The van der Waals surface area contributed by atoms with E-state index in [-0.39, 0.29) is 10.8 Å². The van der Waals surface area contributed by atoms with Gasteiger partial charge in [0.25, 0.3) is 10.0 Å². The summed E-state index contributed by atoms with van der Waals surface area (Å²) >= 11 is 1.38. The SMILES string of the molecule is O=C(Nc1ccccn1)C(Sc1ccc(NS(=O)(=O)c2ccccc2)cc1)c1ccccc1. The largest absolute Gasteiger partial charge is 0.309 e. The number of pyridine rings is 1. The van der Waals surface area contributed by atoms with Gasteiger partial charge in [-0.2, -0.15) is 0 Å². The monoisotopic (exact) mass is 475 g/mol. The first-order valence-corrected chi connectivity index (χ1v) is 12.5. The highest BCUT2D eigenvalue weighted by molar-refractivity contribution is 8.00. The van der Waals surface area contributed by atoms with Gasteiger partial charge in [0.05, 0.1) is 4.90 Å². The standard InChI is InChI=1S/C25H21N3O3S2/c29-25(27-23-13-7-8-18-26-23)24(19-9-3-1-4-10-19)32-21-16-14-20(15-17-21)28-33(30,31)22-11-5-2-6-12-22/h1-18,24,28H,(H,26,27,29). The molecule has 0 spiro atoms. The van der Waals surface area contributed by atoms with E-state index < -0.39 is 15.3 Å². The second-order valence-electron chi connectivity index (χ2n) is 7.06. The van der Waals surface area contributed by atoms with Crippen molar-refractivity contribution >= 4 is 39.2 Å². The van der Waals surface area contributed by atoms with Gasteiger partial charge in [0, 0.05) is 16.8 Å². The molecule has 1 amide bonds. The molecule has 1 unspecified atom stereocenters. The Morgan fingerprint density at radius 2 is 1.42 bits per heavy atom. The van der Waals surface area contributed by atoms with Crippen LogP contribution in [0.2, 0.25) is 0 Å². The molecule has 0 bridgehead atoms. The van der Waals surface area contributed by atoms with Crippen molar-refractivity contribution in [3.8, 4) is 0 Å². The average molecular weight is 476 g/mol. The number of hydrogen-bond acceptors (Lipinski definition) is 5. The molecule has 0 aliphatic carbocycles. The molecule has 1 aromatic heterocycles. The Balaban J connectivity index is 1.51. The summed E-state index contributed by atoms with van der Waals surface area (Å²) in [4.78, 5) is 18.2. The van der Waals surface area contributed by atoms with Gasteiger partial charge in [0.15, 0.2) is 0 Å². The van der Waals surface area contributed by atoms with Crippen molar-refractivity contribution in [2.24, 2.45) is 0 Å². The molecule has 4 aromatic rings. The quantitative estimate of drug-likeness (QED) is 0.335. The summed E-state index contributed by atoms with van der Waals surface area (Å²) in [6.07, 6.45) is 1.62. The van der Waals surface area contributed by atoms with Crippen LogP contribution in [0.1, 0.15) is 10.8 Å². The Hall–Kier alpha value is -3.62. The molecule has 166 valence electrons. The fraction of sp³-hybridized carbons (Fsp3) is 0.0400. The number of carbonyl (C=O) groups excluding carboxylic acids is 1. The van der Waals surface area contributed by atoms with Gasteiger partial charge in [-0.05, 0) is 54.1 Å². The third kappa shape index (κ3) is 6.00. The number of amides is 1. The lowest BCUT2D eigenvalue weighted by atomic mass is 10.1. The van der Waals surface area contributed by atoms with Crippen LogP contribution >= 0.6 is 11.8 Å². The van der Waals surface area contributed by atoms with Gasteiger partial charge in [0.1, 0.15) is 11.1 Å². The number of nitrogens with zero attached hydrogens (tertiary/aromatic N) is 1. The van der Waals surface area contributed by atoms with Crippen LogP contribution < -0.4 is 10.0 Å². The normalized spacial score (nSPS) is 12.0. The zero-order valence-corrected chi connectivity index (χ0v) is 19.1. The van der Waals surface area contributed by atoms with Gasteiger partial charge in [-0.15, -0.1) is 11.8 Å². The van der Waals surface area contributed by atoms with Crippen molar-refractivity contribution in [1.29, 1.82) is 0 Å². The van der Waals surface area contributed by atoms with E-state index in [0.29, 0.717) is 11.5 Å². The van der Waals surface area contributed by atoms with Crippen LogP contribution in [0.3, 0.4) is 0 Å². The van der Waals surface area contributed by atoms with Crippen molar-refractivity contribution in [2.45, 2.75) is 15.0 Å². The molecule has 0 saturated carbocycles. The van der Waals surface area contributed by atoms with E-state index in [9.17, 15) is 13.2 Å². The zero-order chi connectivity index (χ0) is 23.1. The smallest absolute Gasteiger partial charge is 0.261 e. The third-order valence-electron chi connectivity index (χ3n) is 4.67. The average Bonchev–Trinajstić information content (AvgIpc) is 2.85. The molecule has 3 aromatic carbocycles. The minimum Gasteiger partial charge on any atom is -0.309 e. The number of carbonyl (C=O) groups is 1. The predicted molar refractivity (Wildman–Crippen MR) is 132 cm³/mol. The van der Waals surface area contributed by atoms with Crippen molar-refractivity contribution in [3.05, 3.63) is 115 Å². The molecule has 0 fully saturated rings. The van der Waals surface area contributed by atoms with Crippen LogP contribution in [-0.2, 0) is 14.8 Å². The van der Waals surface area contributed by atoms with Crippen LogP contribution in [-0.4, -0.2) is 19.3 Å². The Kier molecular flexibility index (Phi) is 7.07. The molecule has 0 aliphatic heterocycles. The van der Waals surface area contributed by atoms with Crippen LogP contribution in [0.25, 0.3) is 0 Å². The van der Waals surface area contributed by atoms with Gasteiger partial charge in [0.2, 0.25) is 5.91 Å². The van der Waals surface area contributed by atoms with Gasteiger partial charge in [-0.25, -0.2) is 13.4 Å². The van der Waals surface area contributed by atoms with Crippen LogP contribution in [0, 0.1) is 0 Å². The molecule has 1 atom stereocenters. The number of hydrogen-bond donors (Lipinski definition) is 2. The number of aromatic nitrogens is 1. The number of sulfonamides is 1. The van der Waals surface area contributed by atoms with Gasteiger partial charge in [-0.1, -0.05) is 54.6 Å². The molecule has 0 saturated heterocycles. The summed E-state index contributed by atoms with van der Waals surface area (Å²) in [6, 6.07) is 29.9. The van der Waals surface area contributed by atoms with Crippen molar-refractivity contribution in [2.75, 3.05) is 10.0 Å². The number of anilines is 2. The summed E-state index contributed by atoms with van der Waals surface area (Å²) in [5.41, 5.74) is 1.29. The Morgan fingerprint density at radius 3 is 2.06 bits per heavy atom. The van der Waals surface area contributed by atoms with Crippen molar-refractivity contribution < 1.29 is 13.2 Å². The van der Waals surface area contributed by atoms with E-state index in [1.165, 1.54) is 23.9 Å². The second kappa shape index (κ2) is 10.3. The number of rotatable bonds is 8. The Morgan fingerprint density at radius 1 is 0.788 bits per heavy atom. The van der Waals surface area contributed by atoms with Crippen molar-refractivity contribution in [3.63, 3.8) is 0 Å². The maximum Gasteiger partial charge on any atom is 0.261 e. The Labute approximate surface area is 197 Å². The maximum absolute atomic E-state index is 13.1. The lowest BCUT2D eigenvalue weighted by Gasteiger charge is -2.17. The van der Waals surface area contributed by atoms with Gasteiger partial charge in [-0.3, -0.25) is 9.52 Å². The van der Waals surface area contributed by atoms with Crippen LogP contribution in [0.15, 0.2) is 119 Å². The first kappa shape index (κ1) is 22.6. The summed E-state index contributed by atoms with van der Waals surface area (Å²) in [5, 5.41) is 2.34. The van der Waals surface area contributed by atoms with E-state index >= 15 is 0 Å². The highest BCUT2D eigenvalue weighted by Crippen LogP contribution is 2.36. The Bertz CT molecular complexity index is 1300. The van der Waals surface area contributed by atoms with E-state index in [2.05, 4.69) is 15.0 Å². The second-order valence-corrected chi connectivity index (χ2v) is 9.92. The van der Waals surface area contributed by atoms with Crippen LogP contribution in [0.5, 0.6) is 0 Å².